The second kappa shape index (κ2) is 8.08. The van der Waals surface area contributed by atoms with E-state index in [1.807, 2.05) is 6.92 Å². The molecule has 0 aromatic heterocycles. The fourth-order valence-electron chi connectivity index (χ4n) is 0.815. The molecule has 2 atom stereocenters. The minimum Gasteiger partial charge on any atom is -0.466 e. The summed E-state index contributed by atoms with van der Waals surface area (Å²) in [6.45, 7) is 4.67. The molecule has 14 heavy (non-hydrogen) atoms. The van der Waals surface area contributed by atoms with Crippen molar-refractivity contribution < 1.29 is 14.6 Å². The van der Waals surface area contributed by atoms with Crippen LogP contribution in [0.5, 0.6) is 0 Å². The molecule has 4 nitrogen and oxygen atoms in total. The van der Waals surface area contributed by atoms with Gasteiger partial charge in [-0.05, 0) is 6.92 Å². The number of nitrogens with two attached hydrogens (primary N) is 1. The molecule has 3 N–H and O–H groups in total. The number of carbonyl (C=O) groups is 1. The van der Waals surface area contributed by atoms with E-state index in [4.69, 9.17) is 10.5 Å². The quantitative estimate of drug-likeness (QED) is 0.608. The lowest BCUT2D eigenvalue weighted by molar-refractivity contribution is -0.144. The van der Waals surface area contributed by atoms with Crippen LogP contribution in [0, 0.1) is 0 Å². The summed E-state index contributed by atoms with van der Waals surface area (Å²) in [5.41, 5.74) is 5.41. The molecule has 0 bridgehead atoms. The van der Waals surface area contributed by atoms with Gasteiger partial charge < -0.3 is 15.6 Å². The molecule has 0 fully saturated rings. The molecule has 0 aliphatic heterocycles. The van der Waals surface area contributed by atoms with Crippen molar-refractivity contribution in [3.8, 4) is 0 Å². The minimum atomic E-state index is -0.631. The van der Waals surface area contributed by atoms with Gasteiger partial charge in [-0.25, -0.2) is 0 Å². The summed E-state index contributed by atoms with van der Waals surface area (Å²) in [6, 6.07) is 0. The van der Waals surface area contributed by atoms with Crippen LogP contribution in [0.25, 0.3) is 0 Å². The first-order chi connectivity index (χ1) is 6.60. The van der Waals surface area contributed by atoms with Gasteiger partial charge in [-0.15, -0.1) is 0 Å². The van der Waals surface area contributed by atoms with Gasteiger partial charge in [0.05, 0.1) is 19.1 Å². The number of rotatable bonds is 7. The zero-order valence-corrected chi connectivity index (χ0v) is 9.55. The van der Waals surface area contributed by atoms with Crippen molar-refractivity contribution >= 4 is 17.7 Å². The molecule has 0 saturated carbocycles. The van der Waals surface area contributed by atoms with Crippen molar-refractivity contribution in [2.45, 2.75) is 31.6 Å². The van der Waals surface area contributed by atoms with E-state index in [0.29, 0.717) is 24.2 Å². The van der Waals surface area contributed by atoms with Crippen molar-refractivity contribution in [3.05, 3.63) is 0 Å². The first-order valence-corrected chi connectivity index (χ1v) is 5.80. The van der Waals surface area contributed by atoms with E-state index in [1.54, 1.807) is 18.7 Å². The first kappa shape index (κ1) is 13.7. The summed E-state index contributed by atoms with van der Waals surface area (Å²) in [4.78, 5) is 11.0. The van der Waals surface area contributed by atoms with Gasteiger partial charge in [0.1, 0.15) is 0 Å². The number of esters is 1. The fraction of sp³-hybridized carbons (Fsp3) is 0.889. The maximum atomic E-state index is 11.0. The average Bonchev–Trinajstić information content (AvgIpc) is 2.14. The minimum absolute atomic E-state index is 0.0676. The maximum Gasteiger partial charge on any atom is 0.308 e. The van der Waals surface area contributed by atoms with Crippen molar-refractivity contribution in [1.82, 2.24) is 0 Å². The van der Waals surface area contributed by atoms with E-state index in [1.165, 1.54) is 0 Å². The Bertz CT molecular complexity index is 166. The summed E-state index contributed by atoms with van der Waals surface area (Å²) >= 11 is 1.56. The van der Waals surface area contributed by atoms with Gasteiger partial charge in [-0.3, -0.25) is 4.79 Å². The Hall–Kier alpha value is -0.260. The monoisotopic (exact) mass is 221 g/mol. The smallest absolute Gasteiger partial charge is 0.308 e. The largest absolute Gasteiger partial charge is 0.466 e. The molecule has 5 heteroatoms. The molecular weight excluding hydrogens is 202 g/mol. The first-order valence-electron chi connectivity index (χ1n) is 4.75. The number of aliphatic hydroxyl groups is 1. The Labute approximate surface area is 89.2 Å². The molecule has 84 valence electrons. The van der Waals surface area contributed by atoms with Gasteiger partial charge in [-0.2, -0.15) is 11.8 Å². The molecule has 0 aromatic rings. The highest BCUT2D eigenvalue weighted by atomic mass is 32.2. The lowest BCUT2D eigenvalue weighted by Gasteiger charge is -2.12. The van der Waals surface area contributed by atoms with E-state index < -0.39 is 6.10 Å². The van der Waals surface area contributed by atoms with Crippen molar-refractivity contribution in [1.29, 1.82) is 0 Å². The lowest BCUT2D eigenvalue weighted by Crippen LogP contribution is -2.21. The van der Waals surface area contributed by atoms with Crippen molar-refractivity contribution in [2.24, 2.45) is 5.73 Å². The van der Waals surface area contributed by atoms with E-state index in [-0.39, 0.29) is 12.4 Å². The Morgan fingerprint density at radius 2 is 2.29 bits per heavy atom. The lowest BCUT2D eigenvalue weighted by atomic mass is 10.3. The van der Waals surface area contributed by atoms with Gasteiger partial charge in [0.2, 0.25) is 0 Å². The third-order valence-corrected chi connectivity index (χ3v) is 2.95. The predicted molar refractivity (Wildman–Crippen MR) is 58.2 cm³/mol. The van der Waals surface area contributed by atoms with Crippen molar-refractivity contribution in [2.75, 3.05) is 18.9 Å². The van der Waals surface area contributed by atoms with Crippen LogP contribution in [-0.4, -0.2) is 41.3 Å². The third-order valence-electron chi connectivity index (χ3n) is 1.61. The second-order valence-electron chi connectivity index (χ2n) is 3.04. The third kappa shape index (κ3) is 7.17. The normalized spacial score (nSPS) is 14.9. The fourth-order valence-corrected chi connectivity index (χ4v) is 1.62. The highest BCUT2D eigenvalue weighted by molar-refractivity contribution is 7.99. The number of carbonyl (C=O) groups excluding carboxylic acids is 1. The molecule has 0 aromatic carbocycles. The second-order valence-corrected chi connectivity index (χ2v) is 4.51. The van der Waals surface area contributed by atoms with Crippen LogP contribution in [0.3, 0.4) is 0 Å². The standard InChI is InChI=1S/C9H19NO3S/c1-3-13-9(12)4-8(11)6-14-7(2)5-10/h7-8,11H,3-6,10H2,1-2H3. The summed E-state index contributed by atoms with van der Waals surface area (Å²) in [7, 11) is 0. The van der Waals surface area contributed by atoms with Crippen LogP contribution in [0.4, 0.5) is 0 Å². The summed E-state index contributed by atoms with van der Waals surface area (Å²) in [5, 5.41) is 9.74. The van der Waals surface area contributed by atoms with Gasteiger partial charge in [0, 0.05) is 17.5 Å². The van der Waals surface area contributed by atoms with Crippen LogP contribution < -0.4 is 5.73 Å². The van der Waals surface area contributed by atoms with Gasteiger partial charge in [0.25, 0.3) is 0 Å². The summed E-state index contributed by atoms with van der Waals surface area (Å²) in [6.07, 6.45) is -0.564. The Balaban J connectivity index is 3.54. The molecule has 0 heterocycles. The Morgan fingerprint density at radius 1 is 1.64 bits per heavy atom. The Morgan fingerprint density at radius 3 is 2.79 bits per heavy atom. The summed E-state index contributed by atoms with van der Waals surface area (Å²) in [5.74, 6) is 0.179. The molecule has 0 aliphatic carbocycles. The topological polar surface area (TPSA) is 72.5 Å². The molecule has 0 aliphatic rings. The van der Waals surface area contributed by atoms with E-state index in [9.17, 15) is 9.90 Å². The van der Waals surface area contributed by atoms with Crippen LogP contribution in [0.1, 0.15) is 20.3 Å². The molecule has 0 amide bonds. The molecule has 2 unspecified atom stereocenters. The molecule has 0 saturated heterocycles. The summed E-state index contributed by atoms with van der Waals surface area (Å²) < 4.78 is 4.71. The zero-order chi connectivity index (χ0) is 11.0. The number of thioether (sulfide) groups is 1. The molecule has 0 spiro atoms. The van der Waals surface area contributed by atoms with E-state index >= 15 is 0 Å². The van der Waals surface area contributed by atoms with Crippen LogP contribution in [0.15, 0.2) is 0 Å². The number of hydrogen-bond acceptors (Lipinski definition) is 5. The van der Waals surface area contributed by atoms with E-state index in [2.05, 4.69) is 0 Å². The molecule has 0 rings (SSSR count). The van der Waals surface area contributed by atoms with Gasteiger partial charge in [0.15, 0.2) is 0 Å². The predicted octanol–water partition coefficient (Wildman–Crippen LogP) is 0.381. The Kier molecular flexibility index (Phi) is 7.93. The highest BCUT2D eigenvalue weighted by Gasteiger charge is 2.12. The van der Waals surface area contributed by atoms with Crippen LogP contribution in [0.2, 0.25) is 0 Å². The zero-order valence-electron chi connectivity index (χ0n) is 8.73. The van der Waals surface area contributed by atoms with Gasteiger partial charge >= 0.3 is 5.97 Å². The number of ether oxygens (including phenoxy) is 1. The average molecular weight is 221 g/mol. The number of hydrogen-bond donors (Lipinski definition) is 2. The molecule has 0 radical (unpaired) electrons. The SMILES string of the molecule is CCOC(=O)CC(O)CSC(C)CN. The highest BCUT2D eigenvalue weighted by Crippen LogP contribution is 2.12. The van der Waals surface area contributed by atoms with E-state index in [0.717, 1.165) is 0 Å². The number of aliphatic hydroxyl groups excluding tert-OH is 1. The van der Waals surface area contributed by atoms with Crippen molar-refractivity contribution in [3.63, 3.8) is 0 Å². The van der Waals surface area contributed by atoms with Crippen LogP contribution >= 0.6 is 11.8 Å². The maximum absolute atomic E-state index is 11.0. The molecular formula is C9H19NO3S. The van der Waals surface area contributed by atoms with Crippen LogP contribution in [-0.2, 0) is 9.53 Å². The van der Waals surface area contributed by atoms with Gasteiger partial charge in [-0.1, -0.05) is 6.92 Å².